The van der Waals surface area contributed by atoms with E-state index in [0.717, 1.165) is 19.4 Å². The number of nitrogens with zero attached hydrogens (tertiary/aromatic N) is 1. The number of carbonyl (C=O) groups is 1. The van der Waals surface area contributed by atoms with Gasteiger partial charge in [-0.2, -0.15) is 0 Å². The Morgan fingerprint density at radius 1 is 1.43 bits per heavy atom. The van der Waals surface area contributed by atoms with Crippen LogP contribution in [-0.2, 0) is 4.79 Å². The van der Waals surface area contributed by atoms with Crippen LogP contribution in [0.1, 0.15) is 33.1 Å². The number of hydrogen-bond donors (Lipinski definition) is 2. The molecule has 0 heterocycles. The maximum Gasteiger partial charge on any atom is 0.320 e. The molecule has 0 saturated heterocycles. The lowest BCUT2D eigenvalue weighted by atomic mass is 10.1. The Morgan fingerprint density at radius 3 is 2.29 bits per heavy atom. The van der Waals surface area contributed by atoms with Gasteiger partial charge in [0.2, 0.25) is 0 Å². The highest BCUT2D eigenvalue weighted by Crippen LogP contribution is 2.06. The number of rotatable bonds is 7. The van der Waals surface area contributed by atoms with Crippen LogP contribution in [0.15, 0.2) is 0 Å². The van der Waals surface area contributed by atoms with Crippen LogP contribution in [0.25, 0.3) is 0 Å². The molecule has 0 saturated carbocycles. The summed E-state index contributed by atoms with van der Waals surface area (Å²) in [5.74, 6) is -0.914. The highest BCUT2D eigenvalue weighted by Gasteiger charge is 2.15. The fourth-order valence-corrected chi connectivity index (χ4v) is 1.56. The van der Waals surface area contributed by atoms with Crippen molar-refractivity contribution in [2.24, 2.45) is 5.73 Å². The summed E-state index contributed by atoms with van der Waals surface area (Å²) in [5, 5.41) is 8.60. The zero-order chi connectivity index (χ0) is 11.1. The molecule has 0 rings (SSSR count). The molecular formula is C10H22N2O2. The third-order valence-electron chi connectivity index (χ3n) is 2.68. The van der Waals surface area contributed by atoms with Crippen molar-refractivity contribution < 1.29 is 9.90 Å². The average Bonchev–Trinajstić information content (AvgIpc) is 2.15. The summed E-state index contributed by atoms with van der Waals surface area (Å²) in [4.78, 5) is 12.7. The Balaban J connectivity index is 3.82. The van der Waals surface area contributed by atoms with Gasteiger partial charge in [0.05, 0.1) is 0 Å². The number of carboxylic acid groups (broad SMARTS) is 1. The van der Waals surface area contributed by atoms with Gasteiger partial charge < -0.3 is 15.7 Å². The first-order valence-electron chi connectivity index (χ1n) is 5.21. The molecule has 1 unspecified atom stereocenters. The summed E-state index contributed by atoms with van der Waals surface area (Å²) in [6, 6.07) is -0.192. The normalized spacial score (nSPS) is 13.6. The lowest BCUT2D eigenvalue weighted by Gasteiger charge is -2.26. The minimum Gasteiger partial charge on any atom is -0.480 e. The van der Waals surface area contributed by atoms with Gasteiger partial charge in [-0.3, -0.25) is 4.79 Å². The second-order valence-electron chi connectivity index (χ2n) is 3.68. The zero-order valence-corrected chi connectivity index (χ0v) is 9.36. The van der Waals surface area contributed by atoms with Gasteiger partial charge in [0.1, 0.15) is 6.04 Å². The minimum atomic E-state index is -0.914. The standard InChI is InChI=1S/C10H22N2O2/c1-4-8(5-2)12(3)7-6-9(11)10(13)14/h8-9H,4-7,11H2,1-3H3,(H,13,14). The van der Waals surface area contributed by atoms with Gasteiger partial charge >= 0.3 is 5.97 Å². The van der Waals surface area contributed by atoms with Crippen LogP contribution in [-0.4, -0.2) is 41.7 Å². The number of nitrogens with two attached hydrogens (primary N) is 1. The van der Waals surface area contributed by atoms with Gasteiger partial charge in [-0.05, 0) is 26.3 Å². The monoisotopic (exact) mass is 202 g/mol. The van der Waals surface area contributed by atoms with Crippen molar-refractivity contribution in [2.75, 3.05) is 13.6 Å². The smallest absolute Gasteiger partial charge is 0.320 e. The van der Waals surface area contributed by atoms with Gasteiger partial charge in [0.25, 0.3) is 0 Å². The Hall–Kier alpha value is -0.610. The van der Waals surface area contributed by atoms with Crippen molar-refractivity contribution >= 4 is 5.97 Å². The van der Waals surface area contributed by atoms with Crippen molar-refractivity contribution in [1.82, 2.24) is 4.90 Å². The molecule has 0 aromatic heterocycles. The van der Waals surface area contributed by atoms with Crippen molar-refractivity contribution in [3.8, 4) is 0 Å². The van der Waals surface area contributed by atoms with Crippen LogP contribution in [0, 0.1) is 0 Å². The second kappa shape index (κ2) is 6.79. The maximum absolute atomic E-state index is 10.5. The van der Waals surface area contributed by atoms with Gasteiger partial charge in [0.15, 0.2) is 0 Å². The van der Waals surface area contributed by atoms with Crippen LogP contribution >= 0.6 is 0 Å². The maximum atomic E-state index is 10.5. The lowest BCUT2D eigenvalue weighted by Crippen LogP contribution is -2.37. The summed E-state index contributed by atoms with van der Waals surface area (Å²) in [6.45, 7) is 5.03. The Morgan fingerprint density at radius 2 is 1.93 bits per heavy atom. The summed E-state index contributed by atoms with van der Waals surface area (Å²) < 4.78 is 0. The van der Waals surface area contributed by atoms with Gasteiger partial charge in [-0.25, -0.2) is 0 Å². The summed E-state index contributed by atoms with van der Waals surface area (Å²) in [6.07, 6.45) is 2.70. The number of aliphatic carboxylic acids is 1. The van der Waals surface area contributed by atoms with Gasteiger partial charge in [-0.15, -0.1) is 0 Å². The molecule has 0 fully saturated rings. The van der Waals surface area contributed by atoms with Crippen molar-refractivity contribution in [1.29, 1.82) is 0 Å². The molecule has 0 aliphatic carbocycles. The van der Waals surface area contributed by atoms with E-state index in [4.69, 9.17) is 10.8 Å². The van der Waals surface area contributed by atoms with Crippen LogP contribution in [0.3, 0.4) is 0 Å². The number of carboxylic acids is 1. The van der Waals surface area contributed by atoms with E-state index >= 15 is 0 Å². The molecular weight excluding hydrogens is 180 g/mol. The van der Waals surface area contributed by atoms with E-state index in [0.29, 0.717) is 12.5 Å². The lowest BCUT2D eigenvalue weighted by molar-refractivity contribution is -0.138. The molecule has 1 atom stereocenters. The largest absolute Gasteiger partial charge is 0.480 e. The highest BCUT2D eigenvalue weighted by atomic mass is 16.4. The zero-order valence-electron chi connectivity index (χ0n) is 9.36. The summed E-state index contributed by atoms with van der Waals surface area (Å²) in [7, 11) is 2.02. The predicted molar refractivity (Wildman–Crippen MR) is 57.2 cm³/mol. The van der Waals surface area contributed by atoms with E-state index in [2.05, 4.69) is 18.7 Å². The molecule has 0 bridgehead atoms. The van der Waals surface area contributed by atoms with Crippen LogP contribution in [0.5, 0.6) is 0 Å². The molecule has 0 amide bonds. The molecule has 0 aliphatic heterocycles. The van der Waals surface area contributed by atoms with Gasteiger partial charge in [0, 0.05) is 12.6 Å². The first-order chi connectivity index (χ1) is 6.52. The van der Waals surface area contributed by atoms with E-state index in [1.807, 2.05) is 7.05 Å². The third kappa shape index (κ3) is 4.58. The molecule has 84 valence electrons. The molecule has 0 spiro atoms. The fourth-order valence-electron chi connectivity index (χ4n) is 1.56. The van der Waals surface area contributed by atoms with Crippen LogP contribution < -0.4 is 5.73 Å². The Labute approximate surface area is 86.1 Å². The summed E-state index contributed by atoms with van der Waals surface area (Å²) >= 11 is 0. The molecule has 0 aromatic carbocycles. The molecule has 4 nitrogen and oxygen atoms in total. The average molecular weight is 202 g/mol. The van der Waals surface area contributed by atoms with Crippen LogP contribution in [0.4, 0.5) is 0 Å². The van der Waals surface area contributed by atoms with E-state index in [-0.39, 0.29) is 0 Å². The second-order valence-corrected chi connectivity index (χ2v) is 3.68. The van der Waals surface area contributed by atoms with Crippen molar-refractivity contribution in [2.45, 2.75) is 45.2 Å². The fraction of sp³-hybridized carbons (Fsp3) is 0.900. The van der Waals surface area contributed by atoms with E-state index in [9.17, 15) is 4.79 Å². The molecule has 0 radical (unpaired) electrons. The molecule has 0 aromatic rings. The Bertz CT molecular complexity index is 170. The third-order valence-corrected chi connectivity index (χ3v) is 2.68. The van der Waals surface area contributed by atoms with E-state index in [1.54, 1.807) is 0 Å². The first-order valence-corrected chi connectivity index (χ1v) is 5.21. The summed E-state index contributed by atoms with van der Waals surface area (Å²) in [5.41, 5.74) is 5.42. The highest BCUT2D eigenvalue weighted by molar-refractivity contribution is 5.72. The quantitative estimate of drug-likeness (QED) is 0.644. The Kier molecular flexibility index (Phi) is 6.49. The number of hydrogen-bond acceptors (Lipinski definition) is 3. The molecule has 0 aliphatic rings. The van der Waals surface area contributed by atoms with Gasteiger partial charge in [-0.1, -0.05) is 13.8 Å². The predicted octanol–water partition coefficient (Wildman–Crippen LogP) is 0.909. The first kappa shape index (κ1) is 13.4. The topological polar surface area (TPSA) is 66.6 Å². The van der Waals surface area contributed by atoms with E-state index < -0.39 is 12.0 Å². The SMILES string of the molecule is CCC(CC)N(C)CCC(N)C(=O)O. The van der Waals surface area contributed by atoms with Crippen LogP contribution in [0.2, 0.25) is 0 Å². The minimum absolute atomic E-state index is 0.516. The molecule has 14 heavy (non-hydrogen) atoms. The van der Waals surface area contributed by atoms with Crippen molar-refractivity contribution in [3.63, 3.8) is 0 Å². The van der Waals surface area contributed by atoms with E-state index in [1.165, 1.54) is 0 Å². The molecule has 4 heteroatoms. The van der Waals surface area contributed by atoms with Crippen molar-refractivity contribution in [3.05, 3.63) is 0 Å². The molecule has 3 N–H and O–H groups in total.